The van der Waals surface area contributed by atoms with Crippen molar-refractivity contribution in [2.24, 2.45) is 0 Å². The molecule has 0 saturated carbocycles. The fourth-order valence-electron chi connectivity index (χ4n) is 1.86. The van der Waals surface area contributed by atoms with Gasteiger partial charge >= 0.3 is 0 Å². The molecule has 0 spiro atoms. The maximum Gasteiger partial charge on any atom is 0.244 e. The van der Waals surface area contributed by atoms with Crippen LogP contribution in [0.5, 0.6) is 0 Å². The van der Waals surface area contributed by atoms with Gasteiger partial charge in [0.05, 0.1) is 5.75 Å². The van der Waals surface area contributed by atoms with Crippen LogP contribution in [0.3, 0.4) is 0 Å². The van der Waals surface area contributed by atoms with Crippen molar-refractivity contribution in [1.82, 2.24) is 9.62 Å². The SMILES string of the molecule is O=C(/C=C\c1ccsc1)NCCS(=O)(=O)N1CCSCC1. The predicted octanol–water partition coefficient (Wildman–Crippen LogP) is 1.26. The minimum atomic E-state index is -3.25. The minimum absolute atomic E-state index is 0.0459. The van der Waals surface area contributed by atoms with Crippen LogP contribution in [0.4, 0.5) is 0 Å². The number of carbonyl (C=O) groups excluding carboxylic acids is 1. The summed E-state index contributed by atoms with van der Waals surface area (Å²) >= 11 is 3.32. The van der Waals surface area contributed by atoms with Crippen LogP contribution in [0, 0.1) is 0 Å². The molecule has 1 saturated heterocycles. The number of sulfonamides is 1. The molecule has 8 heteroatoms. The maximum absolute atomic E-state index is 12.1. The zero-order valence-corrected chi connectivity index (χ0v) is 14.0. The Morgan fingerprint density at radius 1 is 1.38 bits per heavy atom. The molecule has 2 heterocycles. The van der Waals surface area contributed by atoms with Gasteiger partial charge in [0, 0.05) is 37.2 Å². The lowest BCUT2D eigenvalue weighted by molar-refractivity contribution is -0.116. The molecule has 5 nitrogen and oxygen atoms in total. The highest BCUT2D eigenvalue weighted by molar-refractivity contribution is 7.99. The fourth-order valence-corrected chi connectivity index (χ4v) is 4.98. The van der Waals surface area contributed by atoms with Crippen LogP contribution in [-0.2, 0) is 14.8 Å². The van der Waals surface area contributed by atoms with Crippen molar-refractivity contribution in [3.63, 3.8) is 0 Å². The summed E-state index contributed by atoms with van der Waals surface area (Å²) in [7, 11) is -3.25. The average molecular weight is 346 g/mol. The number of amides is 1. The zero-order valence-electron chi connectivity index (χ0n) is 11.5. The summed E-state index contributed by atoms with van der Waals surface area (Å²) in [6.45, 7) is 1.27. The Kier molecular flexibility index (Phi) is 6.28. The van der Waals surface area contributed by atoms with Gasteiger partial charge in [-0.3, -0.25) is 4.79 Å². The number of thioether (sulfide) groups is 1. The van der Waals surface area contributed by atoms with Crippen LogP contribution in [0.1, 0.15) is 5.56 Å². The highest BCUT2D eigenvalue weighted by atomic mass is 32.2. The summed E-state index contributed by atoms with van der Waals surface area (Å²) in [6.07, 6.45) is 3.13. The van der Waals surface area contributed by atoms with E-state index >= 15 is 0 Å². The van der Waals surface area contributed by atoms with Gasteiger partial charge in [0.25, 0.3) is 0 Å². The summed E-state index contributed by atoms with van der Waals surface area (Å²) in [4.78, 5) is 11.6. The lowest BCUT2D eigenvalue weighted by Crippen LogP contribution is -2.41. The van der Waals surface area contributed by atoms with E-state index in [-0.39, 0.29) is 18.2 Å². The number of thiophene rings is 1. The monoisotopic (exact) mass is 346 g/mol. The van der Waals surface area contributed by atoms with Gasteiger partial charge < -0.3 is 5.32 Å². The Bertz CT molecular complexity index is 576. The molecule has 2 rings (SSSR count). The molecule has 0 unspecified atom stereocenters. The third kappa shape index (κ3) is 5.46. The van der Waals surface area contributed by atoms with E-state index in [4.69, 9.17) is 0 Å². The third-order valence-corrected chi connectivity index (χ3v) is 6.51. The van der Waals surface area contributed by atoms with Crippen molar-refractivity contribution in [1.29, 1.82) is 0 Å². The van der Waals surface area contributed by atoms with Crippen molar-refractivity contribution < 1.29 is 13.2 Å². The number of hydrogen-bond acceptors (Lipinski definition) is 5. The Morgan fingerprint density at radius 3 is 2.81 bits per heavy atom. The van der Waals surface area contributed by atoms with E-state index in [9.17, 15) is 13.2 Å². The van der Waals surface area contributed by atoms with Crippen molar-refractivity contribution in [3.05, 3.63) is 28.5 Å². The topological polar surface area (TPSA) is 66.5 Å². The summed E-state index contributed by atoms with van der Waals surface area (Å²) in [5, 5.41) is 6.47. The lowest BCUT2D eigenvalue weighted by Gasteiger charge is -2.25. The van der Waals surface area contributed by atoms with Gasteiger partial charge in [-0.2, -0.15) is 23.1 Å². The summed E-state index contributed by atoms with van der Waals surface area (Å²) < 4.78 is 25.6. The smallest absolute Gasteiger partial charge is 0.244 e. The quantitative estimate of drug-likeness (QED) is 0.788. The van der Waals surface area contributed by atoms with Crippen molar-refractivity contribution in [3.8, 4) is 0 Å². The van der Waals surface area contributed by atoms with Gasteiger partial charge in [0.1, 0.15) is 0 Å². The van der Waals surface area contributed by atoms with E-state index in [0.29, 0.717) is 13.1 Å². The molecule has 1 aliphatic heterocycles. The second kappa shape index (κ2) is 7.98. The average Bonchev–Trinajstić information content (AvgIpc) is 2.99. The van der Waals surface area contributed by atoms with Crippen molar-refractivity contribution in [2.45, 2.75) is 0 Å². The molecule has 1 aromatic heterocycles. The van der Waals surface area contributed by atoms with E-state index in [2.05, 4.69) is 5.32 Å². The molecule has 21 heavy (non-hydrogen) atoms. The highest BCUT2D eigenvalue weighted by Gasteiger charge is 2.23. The van der Waals surface area contributed by atoms with E-state index in [1.54, 1.807) is 29.2 Å². The molecule has 0 aliphatic carbocycles. The molecule has 0 aromatic carbocycles. The van der Waals surface area contributed by atoms with Crippen LogP contribution in [0.25, 0.3) is 6.08 Å². The molecular weight excluding hydrogens is 328 g/mol. The van der Waals surface area contributed by atoms with Crippen LogP contribution in [0.15, 0.2) is 22.9 Å². The van der Waals surface area contributed by atoms with Crippen LogP contribution >= 0.6 is 23.1 Å². The molecule has 0 radical (unpaired) electrons. The first-order chi connectivity index (χ1) is 10.1. The molecular formula is C13H18N2O3S3. The second-order valence-corrected chi connectivity index (χ2v) is 8.60. The summed E-state index contributed by atoms with van der Waals surface area (Å²) in [6, 6.07) is 1.91. The van der Waals surface area contributed by atoms with Gasteiger partial charge in [-0.25, -0.2) is 12.7 Å². The van der Waals surface area contributed by atoms with Crippen LogP contribution in [-0.4, -0.2) is 55.5 Å². The molecule has 116 valence electrons. The maximum atomic E-state index is 12.1. The standard InChI is InChI=1S/C13H18N2O3S3/c16-13(2-1-12-3-7-20-11-12)14-4-10-21(17,18)15-5-8-19-9-6-15/h1-3,7,11H,4-6,8-10H2,(H,14,16)/b2-1-. The lowest BCUT2D eigenvalue weighted by atomic mass is 10.3. The van der Waals surface area contributed by atoms with E-state index < -0.39 is 10.0 Å². The summed E-state index contributed by atoms with van der Waals surface area (Å²) in [5.41, 5.74) is 0.966. The summed E-state index contributed by atoms with van der Waals surface area (Å²) in [5.74, 6) is 1.37. The van der Waals surface area contributed by atoms with Crippen LogP contribution < -0.4 is 5.32 Å². The first-order valence-electron chi connectivity index (χ1n) is 6.61. The number of carbonyl (C=O) groups is 1. The van der Waals surface area contributed by atoms with Gasteiger partial charge in [0.2, 0.25) is 15.9 Å². The van der Waals surface area contributed by atoms with Gasteiger partial charge in [0.15, 0.2) is 0 Å². The molecule has 0 atom stereocenters. The molecule has 1 N–H and O–H groups in total. The number of nitrogens with one attached hydrogen (secondary N) is 1. The number of rotatable bonds is 6. The molecule has 1 amide bonds. The van der Waals surface area contributed by atoms with Gasteiger partial charge in [-0.05, 0) is 28.5 Å². The van der Waals surface area contributed by atoms with Crippen molar-refractivity contribution in [2.75, 3.05) is 36.9 Å². The fraction of sp³-hybridized carbons (Fsp3) is 0.462. The zero-order chi connectivity index (χ0) is 15.1. The Hall–Kier alpha value is -0.830. The largest absolute Gasteiger partial charge is 0.351 e. The van der Waals surface area contributed by atoms with Crippen molar-refractivity contribution >= 4 is 45.1 Å². The molecule has 0 bridgehead atoms. The predicted molar refractivity (Wildman–Crippen MR) is 89.0 cm³/mol. The second-order valence-electron chi connectivity index (χ2n) is 4.51. The highest BCUT2D eigenvalue weighted by Crippen LogP contribution is 2.13. The van der Waals surface area contributed by atoms with Gasteiger partial charge in [-0.1, -0.05) is 0 Å². The molecule has 1 aromatic rings. The Balaban J connectivity index is 1.74. The third-order valence-electron chi connectivity index (χ3n) is 2.99. The van der Waals surface area contributed by atoms with Crippen LogP contribution in [0.2, 0.25) is 0 Å². The number of hydrogen-bond donors (Lipinski definition) is 1. The van der Waals surface area contributed by atoms with E-state index in [1.807, 2.05) is 16.8 Å². The number of nitrogens with zero attached hydrogens (tertiary/aromatic N) is 1. The first kappa shape index (κ1) is 16.5. The van der Waals surface area contributed by atoms with Gasteiger partial charge in [-0.15, -0.1) is 0 Å². The molecule has 1 aliphatic rings. The Labute approximate surface area is 133 Å². The minimum Gasteiger partial charge on any atom is -0.351 e. The van der Waals surface area contributed by atoms with E-state index in [0.717, 1.165) is 17.1 Å². The normalized spacial score (nSPS) is 17.1. The molecule has 1 fully saturated rings. The Morgan fingerprint density at radius 2 is 2.14 bits per heavy atom. The van der Waals surface area contributed by atoms with E-state index in [1.165, 1.54) is 10.4 Å². The first-order valence-corrected chi connectivity index (χ1v) is 10.3.